The van der Waals surface area contributed by atoms with Gasteiger partial charge < -0.3 is 20.1 Å². The lowest BCUT2D eigenvalue weighted by atomic mass is 9.99. The highest BCUT2D eigenvalue weighted by atomic mass is 19.1. The van der Waals surface area contributed by atoms with Crippen LogP contribution >= 0.6 is 0 Å². The molecule has 1 aromatic rings. The van der Waals surface area contributed by atoms with Gasteiger partial charge in [0.05, 0.1) is 24.8 Å². The number of morpholine rings is 1. The van der Waals surface area contributed by atoms with E-state index in [0.717, 1.165) is 5.56 Å². The molecule has 5 nitrogen and oxygen atoms in total. The molecule has 2 aliphatic rings. The minimum atomic E-state index is -0.796. The monoisotopic (exact) mass is 294 g/mol. The zero-order valence-corrected chi connectivity index (χ0v) is 11.7. The molecule has 2 fully saturated rings. The summed E-state index contributed by atoms with van der Waals surface area (Å²) in [5.74, 6) is -1.44. The van der Waals surface area contributed by atoms with Gasteiger partial charge in [-0.05, 0) is 24.1 Å². The van der Waals surface area contributed by atoms with Gasteiger partial charge in [0, 0.05) is 25.7 Å². The van der Waals surface area contributed by atoms with Crippen LogP contribution in [0.3, 0.4) is 0 Å². The van der Waals surface area contributed by atoms with Gasteiger partial charge in [-0.1, -0.05) is 6.07 Å². The second kappa shape index (κ2) is 5.99. The summed E-state index contributed by atoms with van der Waals surface area (Å²) >= 11 is 0. The maximum absolute atomic E-state index is 14.3. The molecule has 0 aromatic heterocycles. The van der Waals surface area contributed by atoms with E-state index in [1.807, 2.05) is 11.0 Å². The average molecular weight is 294 g/mol. The Morgan fingerprint density at radius 3 is 2.76 bits per heavy atom. The van der Waals surface area contributed by atoms with Crippen molar-refractivity contribution in [3.05, 3.63) is 29.6 Å². The fraction of sp³-hybridized carbons (Fsp3) is 0.533. The number of carbonyl (C=O) groups is 1. The predicted octanol–water partition coefficient (Wildman–Crippen LogP) is 1.40. The lowest BCUT2D eigenvalue weighted by Gasteiger charge is -2.29. The van der Waals surface area contributed by atoms with Crippen molar-refractivity contribution < 1.29 is 19.0 Å². The molecule has 2 atom stereocenters. The predicted molar refractivity (Wildman–Crippen MR) is 75.9 cm³/mol. The lowest BCUT2D eigenvalue weighted by molar-refractivity contribution is -0.141. The first-order valence-electron chi connectivity index (χ1n) is 7.23. The number of anilines is 1. The Morgan fingerprint density at radius 2 is 2.14 bits per heavy atom. The molecule has 1 aromatic carbocycles. The molecule has 0 radical (unpaired) electrons. The Labute approximate surface area is 122 Å². The molecule has 21 heavy (non-hydrogen) atoms. The number of hydrogen-bond acceptors (Lipinski definition) is 4. The number of hydrogen-bond donors (Lipinski definition) is 2. The van der Waals surface area contributed by atoms with Gasteiger partial charge in [0.1, 0.15) is 5.82 Å². The van der Waals surface area contributed by atoms with Crippen LogP contribution in [0.5, 0.6) is 0 Å². The van der Waals surface area contributed by atoms with Gasteiger partial charge in [0.2, 0.25) is 0 Å². The van der Waals surface area contributed by atoms with E-state index in [-0.39, 0.29) is 11.9 Å². The van der Waals surface area contributed by atoms with Gasteiger partial charge >= 0.3 is 5.97 Å². The number of carboxylic acids is 1. The molecule has 0 saturated carbocycles. The fourth-order valence-electron chi connectivity index (χ4n) is 2.98. The maximum atomic E-state index is 14.3. The summed E-state index contributed by atoms with van der Waals surface area (Å²) in [6.45, 7) is 3.06. The van der Waals surface area contributed by atoms with Crippen LogP contribution in [0.25, 0.3) is 0 Å². The standard InChI is InChI=1S/C15H19FN2O3/c16-12-7-10(13-8-11(9-17-13)15(19)20)1-2-14(12)18-3-5-21-6-4-18/h1-2,7,11,13,17H,3-6,8-9H2,(H,19,20). The van der Waals surface area contributed by atoms with Gasteiger partial charge in [0.15, 0.2) is 0 Å². The van der Waals surface area contributed by atoms with Crippen LogP contribution in [0.4, 0.5) is 10.1 Å². The summed E-state index contributed by atoms with van der Waals surface area (Å²) in [5.41, 5.74) is 1.41. The Morgan fingerprint density at radius 1 is 1.38 bits per heavy atom. The van der Waals surface area contributed by atoms with E-state index in [1.165, 1.54) is 6.07 Å². The van der Waals surface area contributed by atoms with Crippen LogP contribution in [0.1, 0.15) is 18.0 Å². The summed E-state index contributed by atoms with van der Waals surface area (Å²) in [5, 5.41) is 12.2. The molecule has 0 amide bonds. The molecule has 0 spiro atoms. The Hall–Kier alpha value is -1.66. The molecular weight excluding hydrogens is 275 g/mol. The highest BCUT2D eigenvalue weighted by Gasteiger charge is 2.30. The number of ether oxygens (including phenoxy) is 1. The highest BCUT2D eigenvalue weighted by Crippen LogP contribution is 2.30. The van der Waals surface area contributed by atoms with E-state index in [9.17, 15) is 9.18 Å². The molecule has 0 bridgehead atoms. The number of nitrogens with one attached hydrogen (secondary N) is 1. The minimum Gasteiger partial charge on any atom is -0.481 e. The SMILES string of the molecule is O=C(O)C1CNC(c2ccc(N3CCOCC3)c(F)c2)C1. The smallest absolute Gasteiger partial charge is 0.307 e. The number of aliphatic carboxylic acids is 1. The molecule has 0 aliphatic carbocycles. The van der Waals surface area contributed by atoms with Gasteiger partial charge in [0.25, 0.3) is 0 Å². The quantitative estimate of drug-likeness (QED) is 0.882. The third-order valence-electron chi connectivity index (χ3n) is 4.21. The van der Waals surface area contributed by atoms with Crippen LogP contribution in [-0.2, 0) is 9.53 Å². The van der Waals surface area contributed by atoms with E-state index in [4.69, 9.17) is 9.84 Å². The van der Waals surface area contributed by atoms with Gasteiger partial charge in [-0.2, -0.15) is 0 Å². The van der Waals surface area contributed by atoms with E-state index in [2.05, 4.69) is 5.32 Å². The topological polar surface area (TPSA) is 61.8 Å². The van der Waals surface area contributed by atoms with Crippen molar-refractivity contribution in [2.45, 2.75) is 12.5 Å². The first-order chi connectivity index (χ1) is 10.1. The second-order valence-corrected chi connectivity index (χ2v) is 5.54. The molecule has 2 aliphatic heterocycles. The number of benzene rings is 1. The zero-order valence-electron chi connectivity index (χ0n) is 11.7. The number of carboxylic acid groups (broad SMARTS) is 1. The molecule has 114 valence electrons. The molecular formula is C15H19FN2O3. The van der Waals surface area contributed by atoms with Crippen molar-refractivity contribution in [3.8, 4) is 0 Å². The van der Waals surface area contributed by atoms with Crippen LogP contribution in [0.2, 0.25) is 0 Å². The summed E-state index contributed by atoms with van der Waals surface area (Å²) in [6, 6.07) is 5.10. The summed E-state index contributed by atoms with van der Waals surface area (Å²) in [4.78, 5) is 13.0. The third-order valence-corrected chi connectivity index (χ3v) is 4.21. The first kappa shape index (κ1) is 14.3. The van der Waals surface area contributed by atoms with E-state index in [1.54, 1.807) is 6.07 Å². The maximum Gasteiger partial charge on any atom is 0.307 e. The average Bonchev–Trinajstić information content (AvgIpc) is 2.98. The van der Waals surface area contributed by atoms with Crippen molar-refractivity contribution in [2.75, 3.05) is 37.7 Å². The minimum absolute atomic E-state index is 0.0839. The number of rotatable bonds is 3. The van der Waals surface area contributed by atoms with Crippen LogP contribution < -0.4 is 10.2 Å². The highest BCUT2D eigenvalue weighted by molar-refractivity contribution is 5.70. The van der Waals surface area contributed by atoms with E-state index in [0.29, 0.717) is 45.0 Å². The molecule has 2 N–H and O–H groups in total. The Kier molecular flexibility index (Phi) is 4.07. The fourth-order valence-corrected chi connectivity index (χ4v) is 2.98. The van der Waals surface area contributed by atoms with Gasteiger partial charge in [-0.15, -0.1) is 0 Å². The Bertz CT molecular complexity index is 532. The van der Waals surface area contributed by atoms with Gasteiger partial charge in [-0.3, -0.25) is 4.79 Å². The van der Waals surface area contributed by atoms with Crippen LogP contribution in [0.15, 0.2) is 18.2 Å². The third kappa shape index (κ3) is 3.01. The largest absolute Gasteiger partial charge is 0.481 e. The van der Waals surface area contributed by atoms with Crippen LogP contribution in [0, 0.1) is 11.7 Å². The summed E-state index contributed by atoms with van der Waals surface area (Å²) < 4.78 is 19.6. The normalized spacial score (nSPS) is 26.0. The second-order valence-electron chi connectivity index (χ2n) is 5.54. The number of halogens is 1. The molecule has 2 heterocycles. The van der Waals surface area contributed by atoms with E-state index >= 15 is 0 Å². The zero-order chi connectivity index (χ0) is 14.8. The van der Waals surface area contributed by atoms with Crippen molar-refractivity contribution in [1.82, 2.24) is 5.32 Å². The lowest BCUT2D eigenvalue weighted by Crippen LogP contribution is -2.36. The van der Waals surface area contributed by atoms with E-state index < -0.39 is 11.9 Å². The number of nitrogens with zero attached hydrogens (tertiary/aromatic N) is 1. The van der Waals surface area contributed by atoms with Gasteiger partial charge in [-0.25, -0.2) is 4.39 Å². The first-order valence-corrected chi connectivity index (χ1v) is 7.23. The van der Waals surface area contributed by atoms with Crippen molar-refractivity contribution in [2.24, 2.45) is 5.92 Å². The summed E-state index contributed by atoms with van der Waals surface area (Å²) in [6.07, 6.45) is 0.506. The molecule has 6 heteroatoms. The van der Waals surface area contributed by atoms with Crippen molar-refractivity contribution in [1.29, 1.82) is 0 Å². The Balaban J connectivity index is 1.73. The molecule has 2 saturated heterocycles. The summed E-state index contributed by atoms with van der Waals surface area (Å²) in [7, 11) is 0. The van der Waals surface area contributed by atoms with Crippen molar-refractivity contribution in [3.63, 3.8) is 0 Å². The molecule has 3 rings (SSSR count). The molecule has 2 unspecified atom stereocenters. The van der Waals surface area contributed by atoms with Crippen LogP contribution in [-0.4, -0.2) is 43.9 Å². The van der Waals surface area contributed by atoms with Crippen molar-refractivity contribution >= 4 is 11.7 Å².